The molecule has 0 saturated carbocycles. The van der Waals surface area contributed by atoms with Crippen LogP contribution in [-0.2, 0) is 0 Å². The molecule has 3 aromatic carbocycles. The first-order valence-corrected chi connectivity index (χ1v) is 14.5. The number of hydrogen-bond acceptors (Lipinski definition) is 5. The van der Waals surface area contributed by atoms with Crippen molar-refractivity contribution in [2.45, 2.75) is 20.3 Å². The lowest BCUT2D eigenvalue weighted by Crippen LogP contribution is -2.47. The fourth-order valence-corrected chi connectivity index (χ4v) is 5.67. The molecule has 0 N–H and O–H groups in total. The molecule has 2 heterocycles. The highest BCUT2D eigenvalue weighted by atomic mass is 35.5. The van der Waals surface area contributed by atoms with Crippen LogP contribution in [0, 0.1) is 13.8 Å². The normalized spacial score (nSPS) is 13.8. The molecule has 8 heteroatoms. The topological polar surface area (TPSA) is 53.8 Å². The summed E-state index contributed by atoms with van der Waals surface area (Å²) in [4.78, 5) is 25.2. The average molecular weight is 572 g/mol. The number of aromatic nitrogens is 2. The molecule has 7 nitrogen and oxygen atoms in total. The molecule has 0 aliphatic carbocycles. The molecule has 5 rings (SSSR count). The number of ether oxygens (including phenoxy) is 1. The van der Waals surface area contributed by atoms with Crippen molar-refractivity contribution in [3.63, 3.8) is 0 Å². The van der Waals surface area contributed by atoms with Gasteiger partial charge in [-0.3, -0.25) is 14.3 Å². The van der Waals surface area contributed by atoms with Gasteiger partial charge in [-0.15, -0.1) is 0 Å². The maximum absolute atomic E-state index is 13.6. The Morgan fingerprint density at radius 2 is 1.66 bits per heavy atom. The van der Waals surface area contributed by atoms with E-state index in [1.54, 1.807) is 12.0 Å². The van der Waals surface area contributed by atoms with Crippen LogP contribution in [0.4, 0.5) is 5.69 Å². The van der Waals surface area contributed by atoms with Crippen LogP contribution in [0.5, 0.6) is 5.75 Å². The number of hydrogen-bond donors (Lipinski definition) is 0. The van der Waals surface area contributed by atoms with Crippen LogP contribution in [-0.4, -0.2) is 78.7 Å². The van der Waals surface area contributed by atoms with E-state index in [-0.39, 0.29) is 5.91 Å². The van der Waals surface area contributed by atoms with E-state index in [2.05, 4.69) is 27.4 Å². The first-order valence-electron chi connectivity index (χ1n) is 14.1. The molecule has 1 aromatic heterocycles. The molecule has 1 aliphatic heterocycles. The van der Waals surface area contributed by atoms with Crippen molar-refractivity contribution in [2.24, 2.45) is 0 Å². The second kappa shape index (κ2) is 12.8. The number of carbonyl (C=O) groups excluding carboxylic acids is 1. The zero-order valence-corrected chi connectivity index (χ0v) is 25.1. The molecule has 1 amide bonds. The minimum Gasteiger partial charge on any atom is -0.497 e. The summed E-state index contributed by atoms with van der Waals surface area (Å²) in [6.07, 6.45) is 0.905. The Labute approximate surface area is 247 Å². The van der Waals surface area contributed by atoms with E-state index >= 15 is 0 Å². The number of nitrogens with zero attached hydrogens (tertiary/aromatic N) is 5. The predicted molar refractivity (Wildman–Crippen MR) is 167 cm³/mol. The summed E-state index contributed by atoms with van der Waals surface area (Å²) in [6, 6.07) is 23.9. The largest absolute Gasteiger partial charge is 0.497 e. The first kappa shape index (κ1) is 28.7. The molecule has 41 heavy (non-hydrogen) atoms. The maximum Gasteiger partial charge on any atom is 0.274 e. The van der Waals surface area contributed by atoms with Gasteiger partial charge in [-0.1, -0.05) is 48.0 Å². The van der Waals surface area contributed by atoms with E-state index in [0.717, 1.165) is 78.2 Å². The van der Waals surface area contributed by atoms with Gasteiger partial charge in [0, 0.05) is 61.7 Å². The number of carbonyl (C=O) groups is 1. The van der Waals surface area contributed by atoms with Crippen LogP contribution in [0.1, 0.15) is 28.2 Å². The number of imidazole rings is 1. The van der Waals surface area contributed by atoms with Gasteiger partial charge in [-0.25, -0.2) is 4.98 Å². The Balaban J connectivity index is 1.23. The van der Waals surface area contributed by atoms with Gasteiger partial charge in [0.15, 0.2) is 0 Å². The van der Waals surface area contributed by atoms with Gasteiger partial charge in [0.25, 0.3) is 5.91 Å². The van der Waals surface area contributed by atoms with Crippen LogP contribution < -0.4 is 9.64 Å². The van der Waals surface area contributed by atoms with Crippen molar-refractivity contribution in [1.29, 1.82) is 0 Å². The third-order valence-electron chi connectivity index (χ3n) is 7.94. The smallest absolute Gasteiger partial charge is 0.274 e. The summed E-state index contributed by atoms with van der Waals surface area (Å²) in [5.74, 6) is 1.47. The van der Waals surface area contributed by atoms with Crippen molar-refractivity contribution in [3.8, 4) is 22.8 Å². The van der Waals surface area contributed by atoms with Gasteiger partial charge in [-0.05, 0) is 68.8 Å². The zero-order valence-electron chi connectivity index (χ0n) is 24.3. The summed E-state index contributed by atoms with van der Waals surface area (Å²) in [7, 11) is 3.53. The molecular formula is C33H38ClN5O2. The average Bonchev–Trinajstić information content (AvgIpc) is 3.35. The van der Waals surface area contributed by atoms with Crippen molar-refractivity contribution in [3.05, 3.63) is 94.8 Å². The zero-order chi connectivity index (χ0) is 28.9. The summed E-state index contributed by atoms with van der Waals surface area (Å²) in [5, 5.41) is 0.817. The van der Waals surface area contributed by atoms with Crippen molar-refractivity contribution < 1.29 is 9.53 Å². The van der Waals surface area contributed by atoms with Crippen molar-refractivity contribution in [1.82, 2.24) is 19.4 Å². The molecule has 214 valence electrons. The highest BCUT2D eigenvalue weighted by Gasteiger charge is 2.24. The third-order valence-corrected chi connectivity index (χ3v) is 8.35. The molecule has 0 bridgehead atoms. The van der Waals surface area contributed by atoms with Crippen molar-refractivity contribution in [2.75, 3.05) is 58.3 Å². The first-order chi connectivity index (χ1) is 19.9. The Kier molecular flexibility index (Phi) is 8.96. The highest BCUT2D eigenvalue weighted by molar-refractivity contribution is 6.31. The van der Waals surface area contributed by atoms with Crippen molar-refractivity contribution >= 4 is 23.2 Å². The quantitative estimate of drug-likeness (QED) is 0.243. The van der Waals surface area contributed by atoms with Gasteiger partial charge >= 0.3 is 0 Å². The maximum atomic E-state index is 13.6. The number of piperazine rings is 1. The van der Waals surface area contributed by atoms with E-state index in [0.29, 0.717) is 12.2 Å². The van der Waals surface area contributed by atoms with Crippen LogP contribution >= 0.6 is 11.6 Å². The minimum atomic E-state index is -0.0619. The molecule has 0 radical (unpaired) electrons. The molecule has 1 fully saturated rings. The third kappa shape index (κ3) is 6.26. The fourth-order valence-electron chi connectivity index (χ4n) is 5.50. The molecule has 1 saturated heterocycles. The van der Waals surface area contributed by atoms with E-state index in [9.17, 15) is 4.79 Å². The Bertz CT molecular complexity index is 1480. The summed E-state index contributed by atoms with van der Waals surface area (Å²) >= 11 is 6.34. The number of methoxy groups -OCH3 is 1. The van der Waals surface area contributed by atoms with Gasteiger partial charge in [0.1, 0.15) is 17.3 Å². The van der Waals surface area contributed by atoms with Gasteiger partial charge in [0.05, 0.1) is 12.8 Å². The van der Waals surface area contributed by atoms with E-state index < -0.39 is 0 Å². The summed E-state index contributed by atoms with van der Waals surface area (Å²) in [6.45, 7) is 9.61. The van der Waals surface area contributed by atoms with Crippen LogP contribution in [0.25, 0.3) is 17.1 Å². The molecule has 1 aliphatic rings. The molecular weight excluding hydrogens is 534 g/mol. The lowest BCUT2D eigenvalue weighted by molar-refractivity contribution is 0.0782. The van der Waals surface area contributed by atoms with Gasteiger partial charge in [-0.2, -0.15) is 0 Å². The number of amides is 1. The summed E-state index contributed by atoms with van der Waals surface area (Å²) in [5.41, 5.74) is 5.55. The van der Waals surface area contributed by atoms with Crippen LogP contribution in [0.2, 0.25) is 5.02 Å². The number of anilines is 1. The predicted octanol–water partition coefficient (Wildman–Crippen LogP) is 6.10. The fraction of sp³-hybridized carbons (Fsp3) is 0.333. The number of rotatable bonds is 9. The number of halogens is 1. The monoisotopic (exact) mass is 571 g/mol. The van der Waals surface area contributed by atoms with Gasteiger partial charge < -0.3 is 14.5 Å². The SMILES string of the molecule is COc1ccc(-n2c(-c3ccccc3)nc(C(=O)N(C)CCCN3CCN(c4cccc(Cl)c4C)CC3)c2C)cc1. The Hall–Kier alpha value is -3.81. The van der Waals surface area contributed by atoms with E-state index in [1.165, 1.54) is 5.69 Å². The Morgan fingerprint density at radius 1 is 0.951 bits per heavy atom. The molecule has 0 unspecified atom stereocenters. The highest BCUT2D eigenvalue weighted by Crippen LogP contribution is 2.29. The summed E-state index contributed by atoms with van der Waals surface area (Å²) < 4.78 is 7.40. The lowest BCUT2D eigenvalue weighted by atomic mass is 10.1. The van der Waals surface area contributed by atoms with Crippen LogP contribution in [0.15, 0.2) is 72.8 Å². The molecule has 0 spiro atoms. The standard InChI is InChI=1S/C33H38ClN5O2/c1-24-29(34)12-8-13-30(24)38-22-20-37(21-23-38)19-9-18-36(3)33(40)31-25(2)39(27-14-16-28(41-4)17-15-27)32(35-31)26-10-6-5-7-11-26/h5-8,10-17H,9,18-23H2,1-4H3. The molecule has 0 atom stereocenters. The second-order valence-corrected chi connectivity index (χ2v) is 11.0. The van der Waals surface area contributed by atoms with E-state index in [1.807, 2.05) is 80.7 Å². The van der Waals surface area contributed by atoms with Gasteiger partial charge in [0.2, 0.25) is 0 Å². The van der Waals surface area contributed by atoms with Crippen LogP contribution in [0.3, 0.4) is 0 Å². The Morgan fingerprint density at radius 3 is 2.34 bits per heavy atom. The number of benzene rings is 3. The second-order valence-electron chi connectivity index (χ2n) is 10.6. The molecule has 4 aromatic rings. The lowest BCUT2D eigenvalue weighted by Gasteiger charge is -2.37. The van der Waals surface area contributed by atoms with E-state index in [4.69, 9.17) is 21.3 Å². The minimum absolute atomic E-state index is 0.0619.